The Morgan fingerprint density at radius 2 is 2.20 bits per heavy atom. The Bertz CT molecular complexity index is 247. The Balaban J connectivity index is 2.34. The fourth-order valence-corrected chi connectivity index (χ4v) is 1.63. The number of hydrogen-bond donors (Lipinski definition) is 3. The SMILES string of the molecule is CCC(CC)(CO)CNCc1cn[nH]c1. The Labute approximate surface area is 91.1 Å². The van der Waals surface area contributed by atoms with Crippen LogP contribution in [0.25, 0.3) is 0 Å². The van der Waals surface area contributed by atoms with Gasteiger partial charge < -0.3 is 10.4 Å². The molecule has 0 unspecified atom stereocenters. The molecule has 0 radical (unpaired) electrons. The van der Waals surface area contributed by atoms with Crippen LogP contribution in [0.3, 0.4) is 0 Å². The first kappa shape index (κ1) is 12.2. The molecule has 1 rings (SSSR count). The van der Waals surface area contributed by atoms with Gasteiger partial charge in [0.2, 0.25) is 0 Å². The van der Waals surface area contributed by atoms with Crippen molar-refractivity contribution in [3.8, 4) is 0 Å². The number of aliphatic hydroxyl groups excluding tert-OH is 1. The lowest BCUT2D eigenvalue weighted by atomic mass is 9.83. The number of H-pyrrole nitrogens is 1. The molecule has 4 heteroatoms. The summed E-state index contributed by atoms with van der Waals surface area (Å²) in [5.41, 5.74) is 1.18. The van der Waals surface area contributed by atoms with E-state index in [4.69, 9.17) is 0 Å². The van der Waals surface area contributed by atoms with E-state index < -0.39 is 0 Å². The zero-order chi connectivity index (χ0) is 11.1. The predicted octanol–water partition coefficient (Wildman–Crippen LogP) is 1.30. The van der Waals surface area contributed by atoms with Gasteiger partial charge in [-0.1, -0.05) is 13.8 Å². The zero-order valence-electron chi connectivity index (χ0n) is 9.58. The van der Waals surface area contributed by atoms with Crippen molar-refractivity contribution in [2.75, 3.05) is 13.2 Å². The van der Waals surface area contributed by atoms with Crippen LogP contribution >= 0.6 is 0 Å². The van der Waals surface area contributed by atoms with E-state index in [9.17, 15) is 5.11 Å². The van der Waals surface area contributed by atoms with Crippen molar-refractivity contribution in [1.29, 1.82) is 0 Å². The first-order chi connectivity index (χ1) is 7.26. The van der Waals surface area contributed by atoms with E-state index in [-0.39, 0.29) is 12.0 Å². The average Bonchev–Trinajstić information content (AvgIpc) is 2.78. The molecule has 3 N–H and O–H groups in total. The van der Waals surface area contributed by atoms with E-state index in [2.05, 4.69) is 29.4 Å². The minimum Gasteiger partial charge on any atom is -0.396 e. The molecule has 15 heavy (non-hydrogen) atoms. The van der Waals surface area contributed by atoms with Gasteiger partial charge in [0.1, 0.15) is 0 Å². The van der Waals surface area contributed by atoms with Crippen LogP contribution in [0.5, 0.6) is 0 Å². The third-order valence-electron chi connectivity index (χ3n) is 3.22. The highest BCUT2D eigenvalue weighted by molar-refractivity contribution is 5.01. The van der Waals surface area contributed by atoms with Crippen LogP contribution in [0.15, 0.2) is 12.4 Å². The van der Waals surface area contributed by atoms with Crippen molar-refractivity contribution in [2.45, 2.75) is 33.2 Å². The molecule has 0 aliphatic rings. The third-order valence-corrected chi connectivity index (χ3v) is 3.22. The molecule has 1 heterocycles. The van der Waals surface area contributed by atoms with Crippen LogP contribution < -0.4 is 5.32 Å². The van der Waals surface area contributed by atoms with Gasteiger partial charge in [-0.15, -0.1) is 0 Å². The number of aromatic nitrogens is 2. The summed E-state index contributed by atoms with van der Waals surface area (Å²) in [6.07, 6.45) is 5.69. The second-order valence-corrected chi connectivity index (χ2v) is 4.08. The van der Waals surface area contributed by atoms with Crippen molar-refractivity contribution in [3.63, 3.8) is 0 Å². The van der Waals surface area contributed by atoms with Gasteiger partial charge in [0.05, 0.1) is 6.20 Å². The van der Waals surface area contributed by atoms with Crippen molar-refractivity contribution in [3.05, 3.63) is 18.0 Å². The maximum atomic E-state index is 9.38. The van der Waals surface area contributed by atoms with Crippen LogP contribution in [0.2, 0.25) is 0 Å². The number of aliphatic hydroxyl groups is 1. The Morgan fingerprint density at radius 1 is 1.47 bits per heavy atom. The van der Waals surface area contributed by atoms with Crippen LogP contribution in [0.1, 0.15) is 32.3 Å². The average molecular weight is 211 g/mol. The number of nitrogens with zero attached hydrogens (tertiary/aromatic N) is 1. The Morgan fingerprint density at radius 3 is 2.67 bits per heavy atom. The van der Waals surface area contributed by atoms with E-state index in [1.807, 2.05) is 12.4 Å². The summed E-state index contributed by atoms with van der Waals surface area (Å²) in [6.45, 7) is 6.15. The minimum absolute atomic E-state index is 0.0315. The molecule has 0 atom stereocenters. The highest BCUT2D eigenvalue weighted by atomic mass is 16.3. The summed E-state index contributed by atoms with van der Waals surface area (Å²) in [4.78, 5) is 0. The first-order valence-electron chi connectivity index (χ1n) is 5.55. The molecule has 0 saturated carbocycles. The van der Waals surface area contributed by atoms with Crippen molar-refractivity contribution < 1.29 is 5.11 Å². The maximum absolute atomic E-state index is 9.38. The summed E-state index contributed by atoms with van der Waals surface area (Å²) in [6, 6.07) is 0. The maximum Gasteiger partial charge on any atom is 0.0532 e. The summed E-state index contributed by atoms with van der Waals surface area (Å²) < 4.78 is 0. The third kappa shape index (κ3) is 3.32. The Hall–Kier alpha value is -0.870. The molecule has 4 nitrogen and oxygen atoms in total. The molecule has 1 aromatic heterocycles. The molecule has 0 aliphatic heterocycles. The lowest BCUT2D eigenvalue weighted by Crippen LogP contribution is -2.36. The summed E-state index contributed by atoms with van der Waals surface area (Å²) in [7, 11) is 0. The van der Waals surface area contributed by atoms with Gasteiger partial charge >= 0.3 is 0 Å². The van der Waals surface area contributed by atoms with Gasteiger partial charge in [0.25, 0.3) is 0 Å². The van der Waals surface area contributed by atoms with E-state index in [0.717, 1.165) is 31.5 Å². The molecule has 0 aliphatic carbocycles. The molecule has 0 bridgehead atoms. The summed E-state index contributed by atoms with van der Waals surface area (Å²) >= 11 is 0. The van der Waals surface area contributed by atoms with E-state index in [0.29, 0.717) is 0 Å². The van der Waals surface area contributed by atoms with Crippen LogP contribution in [0, 0.1) is 5.41 Å². The number of rotatable bonds is 7. The largest absolute Gasteiger partial charge is 0.396 e. The molecule has 0 fully saturated rings. The van der Waals surface area contributed by atoms with Crippen molar-refractivity contribution >= 4 is 0 Å². The van der Waals surface area contributed by atoms with E-state index >= 15 is 0 Å². The van der Waals surface area contributed by atoms with Gasteiger partial charge in [0.15, 0.2) is 0 Å². The van der Waals surface area contributed by atoms with Gasteiger partial charge in [-0.3, -0.25) is 5.10 Å². The topological polar surface area (TPSA) is 60.9 Å². The second kappa shape index (κ2) is 5.88. The van der Waals surface area contributed by atoms with Crippen molar-refractivity contribution in [2.24, 2.45) is 5.41 Å². The highest BCUT2D eigenvalue weighted by Gasteiger charge is 2.24. The fourth-order valence-electron chi connectivity index (χ4n) is 1.63. The summed E-state index contributed by atoms with van der Waals surface area (Å²) in [5, 5.41) is 19.4. The highest BCUT2D eigenvalue weighted by Crippen LogP contribution is 2.24. The minimum atomic E-state index is 0.0315. The molecule has 0 aromatic carbocycles. The summed E-state index contributed by atoms with van der Waals surface area (Å²) in [5.74, 6) is 0. The second-order valence-electron chi connectivity index (χ2n) is 4.08. The normalized spacial score (nSPS) is 11.9. The molecule has 1 aromatic rings. The van der Waals surface area contributed by atoms with E-state index in [1.54, 1.807) is 0 Å². The molecule has 86 valence electrons. The van der Waals surface area contributed by atoms with Crippen LogP contribution in [-0.4, -0.2) is 28.5 Å². The lowest BCUT2D eigenvalue weighted by molar-refractivity contribution is 0.113. The zero-order valence-corrected chi connectivity index (χ0v) is 9.58. The molecular formula is C11H21N3O. The first-order valence-corrected chi connectivity index (χ1v) is 5.55. The fraction of sp³-hybridized carbons (Fsp3) is 0.727. The van der Waals surface area contributed by atoms with Gasteiger partial charge in [0, 0.05) is 36.9 Å². The van der Waals surface area contributed by atoms with Gasteiger partial charge in [-0.2, -0.15) is 5.10 Å². The van der Waals surface area contributed by atoms with Crippen LogP contribution in [0.4, 0.5) is 0 Å². The van der Waals surface area contributed by atoms with E-state index in [1.165, 1.54) is 0 Å². The Kier molecular flexibility index (Phi) is 4.78. The van der Waals surface area contributed by atoms with Gasteiger partial charge in [-0.25, -0.2) is 0 Å². The standard InChI is InChI=1S/C11H21N3O/c1-3-11(4-2,9-15)8-12-5-10-6-13-14-7-10/h6-7,12,15H,3-5,8-9H2,1-2H3,(H,13,14). The predicted molar refractivity (Wildman–Crippen MR) is 60.4 cm³/mol. The smallest absolute Gasteiger partial charge is 0.0532 e. The monoisotopic (exact) mass is 211 g/mol. The molecular weight excluding hydrogens is 190 g/mol. The lowest BCUT2D eigenvalue weighted by Gasteiger charge is -2.29. The molecule has 0 spiro atoms. The molecule has 0 saturated heterocycles. The molecule has 0 amide bonds. The van der Waals surface area contributed by atoms with Crippen LogP contribution in [-0.2, 0) is 6.54 Å². The number of nitrogens with one attached hydrogen (secondary N) is 2. The number of aromatic amines is 1. The quantitative estimate of drug-likeness (QED) is 0.637. The van der Waals surface area contributed by atoms with Gasteiger partial charge in [-0.05, 0) is 12.8 Å². The van der Waals surface area contributed by atoms with Crippen molar-refractivity contribution in [1.82, 2.24) is 15.5 Å². The number of hydrogen-bond acceptors (Lipinski definition) is 3.